The van der Waals surface area contributed by atoms with Gasteiger partial charge < -0.3 is 5.11 Å². The number of hydrazine groups is 1. The van der Waals surface area contributed by atoms with Crippen LogP contribution in [0.3, 0.4) is 0 Å². The Morgan fingerprint density at radius 1 is 1.33 bits per heavy atom. The molecule has 0 aliphatic carbocycles. The molecule has 0 unspecified atom stereocenters. The zero-order valence-electron chi connectivity index (χ0n) is 12.4. The van der Waals surface area contributed by atoms with E-state index in [1.54, 1.807) is 0 Å². The Balaban J connectivity index is 4.57. The smallest absolute Gasteiger partial charge is 0.116 e. The van der Waals surface area contributed by atoms with Crippen molar-refractivity contribution < 1.29 is 5.11 Å². The fraction of sp³-hybridized carbons (Fsp3) is 0.643. The molecule has 104 valence electrons. The first kappa shape index (κ1) is 16.9. The maximum absolute atomic E-state index is 8.82. The summed E-state index contributed by atoms with van der Waals surface area (Å²) in [4.78, 5) is 4.50. The van der Waals surface area contributed by atoms with Gasteiger partial charge in [-0.1, -0.05) is 19.6 Å². The van der Waals surface area contributed by atoms with Crippen molar-refractivity contribution in [3.63, 3.8) is 0 Å². The average Bonchev–Trinajstić information content (AvgIpc) is 2.34. The summed E-state index contributed by atoms with van der Waals surface area (Å²) in [5.41, 5.74) is 1.92. The molecule has 0 aromatic carbocycles. The SMILES string of the molecule is C=C(/N=C(/C)N(C)N(C)CCCO)/C(C)=C\CC. The molecule has 0 bridgehead atoms. The molecule has 0 aromatic rings. The van der Waals surface area contributed by atoms with Crippen LogP contribution in [0.2, 0.25) is 0 Å². The van der Waals surface area contributed by atoms with Gasteiger partial charge in [-0.05, 0) is 32.3 Å². The molecule has 0 aliphatic rings. The van der Waals surface area contributed by atoms with Crippen molar-refractivity contribution in [2.75, 3.05) is 27.2 Å². The maximum atomic E-state index is 8.82. The van der Waals surface area contributed by atoms with Gasteiger partial charge in [0.2, 0.25) is 0 Å². The number of rotatable bonds is 7. The average molecular weight is 253 g/mol. The fourth-order valence-corrected chi connectivity index (χ4v) is 1.48. The van der Waals surface area contributed by atoms with Crippen LogP contribution in [-0.2, 0) is 0 Å². The van der Waals surface area contributed by atoms with Gasteiger partial charge in [-0.2, -0.15) is 0 Å². The minimum Gasteiger partial charge on any atom is -0.396 e. The van der Waals surface area contributed by atoms with Crippen LogP contribution in [0.1, 0.15) is 33.6 Å². The van der Waals surface area contributed by atoms with E-state index in [0.717, 1.165) is 36.5 Å². The van der Waals surface area contributed by atoms with Crippen molar-refractivity contribution in [1.29, 1.82) is 0 Å². The lowest BCUT2D eigenvalue weighted by Gasteiger charge is -2.29. The highest BCUT2D eigenvalue weighted by Gasteiger charge is 2.07. The van der Waals surface area contributed by atoms with E-state index in [9.17, 15) is 0 Å². The molecule has 0 rings (SSSR count). The van der Waals surface area contributed by atoms with E-state index in [0.29, 0.717) is 0 Å². The molecule has 18 heavy (non-hydrogen) atoms. The second-order valence-corrected chi connectivity index (χ2v) is 4.38. The number of hydrogen-bond acceptors (Lipinski definition) is 3. The molecular formula is C14H27N3O. The quantitative estimate of drug-likeness (QED) is 0.328. The standard InChI is InChI=1S/C14H27N3O/c1-7-9-12(2)13(3)15-14(4)17(6)16(5)10-8-11-18/h9,18H,3,7-8,10-11H2,1-2,4-6H3/b12-9-,15-14-. The van der Waals surface area contributed by atoms with Crippen molar-refractivity contribution in [2.24, 2.45) is 4.99 Å². The Kier molecular flexibility index (Phi) is 8.33. The molecule has 0 saturated carbocycles. The Bertz CT molecular complexity index is 321. The van der Waals surface area contributed by atoms with Crippen LogP contribution in [0.15, 0.2) is 28.9 Å². The first-order valence-electron chi connectivity index (χ1n) is 6.41. The number of aliphatic imine (C=N–C) groups is 1. The van der Waals surface area contributed by atoms with Gasteiger partial charge in [0.1, 0.15) is 5.84 Å². The molecule has 0 aromatic heterocycles. The van der Waals surface area contributed by atoms with E-state index in [-0.39, 0.29) is 6.61 Å². The molecule has 0 amide bonds. The number of nitrogens with zero attached hydrogens (tertiary/aromatic N) is 3. The summed E-state index contributed by atoms with van der Waals surface area (Å²) >= 11 is 0. The van der Waals surface area contributed by atoms with Crippen LogP contribution in [0.25, 0.3) is 0 Å². The summed E-state index contributed by atoms with van der Waals surface area (Å²) in [6, 6.07) is 0. The third-order valence-corrected chi connectivity index (χ3v) is 2.88. The second kappa shape index (κ2) is 8.89. The van der Waals surface area contributed by atoms with E-state index in [2.05, 4.69) is 24.6 Å². The summed E-state index contributed by atoms with van der Waals surface area (Å²) < 4.78 is 0. The van der Waals surface area contributed by atoms with Crippen LogP contribution >= 0.6 is 0 Å². The molecule has 1 N–H and O–H groups in total. The van der Waals surface area contributed by atoms with Crippen molar-refractivity contribution in [1.82, 2.24) is 10.0 Å². The number of hydrogen-bond donors (Lipinski definition) is 1. The van der Waals surface area contributed by atoms with Crippen molar-refractivity contribution in [3.05, 3.63) is 23.9 Å². The summed E-state index contributed by atoms with van der Waals surface area (Å²) in [6.45, 7) is 11.1. The van der Waals surface area contributed by atoms with E-state index >= 15 is 0 Å². The van der Waals surface area contributed by atoms with Crippen LogP contribution < -0.4 is 0 Å². The highest BCUT2D eigenvalue weighted by Crippen LogP contribution is 2.10. The summed E-state index contributed by atoms with van der Waals surface area (Å²) in [5.74, 6) is 0.893. The number of aliphatic hydroxyl groups excluding tert-OH is 1. The number of aliphatic hydroxyl groups is 1. The Morgan fingerprint density at radius 2 is 1.94 bits per heavy atom. The lowest BCUT2D eigenvalue weighted by atomic mass is 10.2. The lowest BCUT2D eigenvalue weighted by molar-refractivity contribution is 0.0942. The lowest BCUT2D eigenvalue weighted by Crippen LogP contribution is -2.40. The van der Waals surface area contributed by atoms with Gasteiger partial charge in [0.25, 0.3) is 0 Å². The predicted molar refractivity (Wildman–Crippen MR) is 78.4 cm³/mol. The topological polar surface area (TPSA) is 39.1 Å². The van der Waals surface area contributed by atoms with Crippen molar-refractivity contribution in [3.8, 4) is 0 Å². The summed E-state index contributed by atoms with van der Waals surface area (Å²) in [7, 11) is 3.94. The van der Waals surface area contributed by atoms with E-state index in [1.165, 1.54) is 0 Å². The molecule has 0 aliphatic heterocycles. The number of amidine groups is 1. The van der Waals surface area contributed by atoms with Crippen molar-refractivity contribution in [2.45, 2.75) is 33.6 Å². The largest absolute Gasteiger partial charge is 0.396 e. The molecule has 0 saturated heterocycles. The van der Waals surface area contributed by atoms with Crippen LogP contribution in [-0.4, -0.2) is 48.2 Å². The van der Waals surface area contributed by atoms with Crippen LogP contribution in [0.4, 0.5) is 0 Å². The molecule has 4 nitrogen and oxygen atoms in total. The van der Waals surface area contributed by atoms with E-state index < -0.39 is 0 Å². The normalized spacial score (nSPS) is 13.1. The van der Waals surface area contributed by atoms with Crippen molar-refractivity contribution >= 4 is 5.84 Å². The zero-order chi connectivity index (χ0) is 14.1. The van der Waals surface area contributed by atoms with Gasteiger partial charge in [0.15, 0.2) is 0 Å². The van der Waals surface area contributed by atoms with E-state index in [4.69, 9.17) is 5.11 Å². The van der Waals surface area contributed by atoms with Crippen LogP contribution in [0.5, 0.6) is 0 Å². The Labute approximate surface area is 111 Å². The van der Waals surface area contributed by atoms with Gasteiger partial charge in [0, 0.05) is 27.2 Å². The Morgan fingerprint density at radius 3 is 2.44 bits per heavy atom. The van der Waals surface area contributed by atoms with Crippen LogP contribution in [0, 0.1) is 0 Å². The molecule has 0 atom stereocenters. The molecule has 0 spiro atoms. The third-order valence-electron chi connectivity index (χ3n) is 2.88. The fourth-order valence-electron chi connectivity index (χ4n) is 1.48. The molecule has 0 fully saturated rings. The van der Waals surface area contributed by atoms with Gasteiger partial charge in [-0.25, -0.2) is 10.0 Å². The highest BCUT2D eigenvalue weighted by atomic mass is 16.3. The maximum Gasteiger partial charge on any atom is 0.116 e. The van der Waals surface area contributed by atoms with Gasteiger partial charge in [0.05, 0.1) is 5.70 Å². The second-order valence-electron chi connectivity index (χ2n) is 4.38. The highest BCUT2D eigenvalue weighted by molar-refractivity contribution is 5.80. The molecule has 0 heterocycles. The minimum absolute atomic E-state index is 0.208. The minimum atomic E-state index is 0.208. The van der Waals surface area contributed by atoms with Gasteiger partial charge in [-0.3, -0.25) is 5.01 Å². The van der Waals surface area contributed by atoms with Gasteiger partial charge in [-0.15, -0.1) is 0 Å². The molecule has 4 heteroatoms. The molecular weight excluding hydrogens is 226 g/mol. The summed E-state index contributed by atoms with van der Waals surface area (Å²) in [6.07, 6.45) is 3.87. The van der Waals surface area contributed by atoms with E-state index in [1.807, 2.05) is 38.0 Å². The monoisotopic (exact) mass is 253 g/mol. The zero-order valence-corrected chi connectivity index (χ0v) is 12.4. The van der Waals surface area contributed by atoms with Gasteiger partial charge >= 0.3 is 0 Å². The number of allylic oxidation sites excluding steroid dienone is 2. The summed E-state index contributed by atoms with van der Waals surface area (Å²) in [5, 5.41) is 12.8. The molecule has 0 radical (unpaired) electrons. The predicted octanol–water partition coefficient (Wildman–Crippen LogP) is 2.44. The first-order chi connectivity index (χ1) is 8.43. The Hall–Kier alpha value is -1.13. The third kappa shape index (κ3) is 5.98. The first-order valence-corrected chi connectivity index (χ1v) is 6.41.